The molecular weight excluding hydrogens is 390 g/mol. The SMILES string of the molecule is C=CC(CCCCCCC(=O)[O-])[C-](CC(=O)OCCO)C(=O)OCCO.[Na+].[Na+]. The normalized spacial score (nSPS) is 10.6. The van der Waals surface area contributed by atoms with Crippen LogP contribution in [-0.4, -0.2) is 54.5 Å². The van der Waals surface area contributed by atoms with Gasteiger partial charge in [0.05, 0.1) is 13.2 Å². The number of aliphatic carboxylic acids is 1. The maximum Gasteiger partial charge on any atom is 1.00 e. The maximum absolute atomic E-state index is 12.2. The molecule has 0 saturated heterocycles. The molecule has 2 N–H and O–H groups in total. The summed E-state index contributed by atoms with van der Waals surface area (Å²) in [5, 5.41) is 27.8. The first-order valence-corrected chi connectivity index (χ1v) is 8.68. The third kappa shape index (κ3) is 16.9. The summed E-state index contributed by atoms with van der Waals surface area (Å²) in [5.41, 5.74) is 0. The molecule has 0 saturated carbocycles. The van der Waals surface area contributed by atoms with E-state index in [0.717, 1.165) is 12.8 Å². The molecule has 0 rings (SSSR count). The Morgan fingerprint density at radius 3 is 2.11 bits per heavy atom. The fraction of sp³-hybridized carbons (Fsp3) is 0.667. The smallest absolute Gasteiger partial charge is 0.550 e. The number of hydrogen-bond acceptors (Lipinski definition) is 8. The molecule has 10 heteroatoms. The summed E-state index contributed by atoms with van der Waals surface area (Å²) in [6.07, 6.45) is 4.57. The van der Waals surface area contributed by atoms with Crippen LogP contribution in [0, 0.1) is 11.8 Å². The van der Waals surface area contributed by atoms with Gasteiger partial charge in [-0.15, -0.1) is 18.6 Å². The fourth-order valence-electron chi connectivity index (χ4n) is 2.37. The van der Waals surface area contributed by atoms with Crippen LogP contribution < -0.4 is 64.2 Å². The Labute approximate surface area is 210 Å². The third-order valence-corrected chi connectivity index (χ3v) is 3.65. The van der Waals surface area contributed by atoms with Gasteiger partial charge in [-0.1, -0.05) is 32.1 Å². The summed E-state index contributed by atoms with van der Waals surface area (Å²) < 4.78 is 9.70. The maximum atomic E-state index is 12.2. The molecule has 0 heterocycles. The average Bonchev–Trinajstić information content (AvgIpc) is 2.62. The monoisotopic (exact) mass is 418 g/mol. The summed E-state index contributed by atoms with van der Waals surface area (Å²) in [5.74, 6) is -2.63. The van der Waals surface area contributed by atoms with Crippen LogP contribution >= 0.6 is 0 Å². The van der Waals surface area contributed by atoms with Gasteiger partial charge in [0.2, 0.25) is 0 Å². The Kier molecular flexibility index (Phi) is 25.2. The number of aliphatic hydroxyl groups excluding tert-OH is 2. The first-order chi connectivity index (χ1) is 12.5. The first kappa shape index (κ1) is 32.6. The zero-order valence-electron chi connectivity index (χ0n) is 17.0. The molecule has 1 atom stereocenters. The quantitative estimate of drug-likeness (QED) is 0.0832. The summed E-state index contributed by atoms with van der Waals surface area (Å²) in [6.45, 7) is 2.72. The van der Waals surface area contributed by atoms with Crippen molar-refractivity contribution in [1.82, 2.24) is 0 Å². The van der Waals surface area contributed by atoms with Gasteiger partial charge in [0.25, 0.3) is 5.97 Å². The van der Waals surface area contributed by atoms with Crippen LogP contribution in [0.15, 0.2) is 12.7 Å². The number of rotatable bonds is 16. The van der Waals surface area contributed by atoms with Gasteiger partial charge in [-0.05, 0) is 12.8 Å². The summed E-state index contributed by atoms with van der Waals surface area (Å²) in [4.78, 5) is 34.3. The zero-order valence-corrected chi connectivity index (χ0v) is 21.0. The van der Waals surface area contributed by atoms with Gasteiger partial charge in [-0.2, -0.15) is 0 Å². The number of aliphatic hydroxyl groups is 2. The van der Waals surface area contributed by atoms with Crippen LogP contribution in [0.25, 0.3) is 0 Å². The fourth-order valence-corrected chi connectivity index (χ4v) is 2.37. The number of carboxylic acid groups (broad SMARTS) is 1. The second-order valence-corrected chi connectivity index (χ2v) is 5.67. The summed E-state index contributed by atoms with van der Waals surface area (Å²) in [6, 6.07) is 0. The van der Waals surface area contributed by atoms with Crippen molar-refractivity contribution in [1.29, 1.82) is 0 Å². The molecule has 0 aromatic carbocycles. The van der Waals surface area contributed by atoms with Crippen LogP contribution in [0.5, 0.6) is 0 Å². The molecule has 0 aliphatic rings. The Morgan fingerprint density at radius 2 is 1.57 bits per heavy atom. The van der Waals surface area contributed by atoms with E-state index in [1.807, 2.05) is 0 Å². The van der Waals surface area contributed by atoms with Crippen molar-refractivity contribution in [2.24, 2.45) is 5.92 Å². The molecule has 0 radical (unpaired) electrons. The minimum atomic E-state index is -1.07. The topological polar surface area (TPSA) is 133 Å². The van der Waals surface area contributed by atoms with Gasteiger partial charge in [0.15, 0.2) is 5.97 Å². The molecule has 1 unspecified atom stereocenters. The molecular formula is C18H28Na2O8. The molecule has 0 aromatic rings. The molecule has 0 aliphatic carbocycles. The van der Waals surface area contributed by atoms with Crippen molar-refractivity contribution in [2.75, 3.05) is 26.4 Å². The van der Waals surface area contributed by atoms with Crippen molar-refractivity contribution in [3.8, 4) is 0 Å². The van der Waals surface area contributed by atoms with E-state index in [-0.39, 0.29) is 104 Å². The predicted octanol–water partition coefficient (Wildman–Crippen LogP) is -6.08. The van der Waals surface area contributed by atoms with E-state index < -0.39 is 23.8 Å². The van der Waals surface area contributed by atoms with Crippen LogP contribution in [0.3, 0.4) is 0 Å². The van der Waals surface area contributed by atoms with E-state index in [1.54, 1.807) is 6.08 Å². The van der Waals surface area contributed by atoms with Crippen LogP contribution in [0.4, 0.5) is 0 Å². The standard InChI is InChI=1S/C18H29O8.2Na/c1-2-14(7-5-3-4-6-8-16(21)22)15(18(24)26-12-10-20)13-17(23)25-11-9-19;;/h2,14,19-20H,1,3-13H2,(H,21,22);;/q-1;2*+1/p-1. The van der Waals surface area contributed by atoms with Gasteiger partial charge >= 0.3 is 59.1 Å². The van der Waals surface area contributed by atoms with E-state index in [4.69, 9.17) is 19.7 Å². The van der Waals surface area contributed by atoms with E-state index >= 15 is 0 Å². The van der Waals surface area contributed by atoms with Crippen LogP contribution in [-0.2, 0) is 23.9 Å². The van der Waals surface area contributed by atoms with E-state index in [2.05, 4.69) is 6.58 Å². The molecule has 0 aliphatic heterocycles. The number of hydrogen-bond donors (Lipinski definition) is 2. The van der Waals surface area contributed by atoms with Gasteiger partial charge in [-0.3, -0.25) is 15.5 Å². The van der Waals surface area contributed by atoms with Crippen molar-refractivity contribution in [3.63, 3.8) is 0 Å². The molecule has 0 aromatic heterocycles. The molecule has 0 spiro atoms. The Balaban J connectivity index is -0.00000312. The second kappa shape index (κ2) is 21.6. The Bertz CT molecular complexity index is 445. The van der Waals surface area contributed by atoms with Gasteiger partial charge in [0.1, 0.15) is 13.2 Å². The molecule has 150 valence electrons. The van der Waals surface area contributed by atoms with Crippen molar-refractivity contribution < 1.29 is 98.3 Å². The summed E-state index contributed by atoms with van der Waals surface area (Å²) in [7, 11) is 0. The Hall–Kier alpha value is -0.0600. The molecule has 28 heavy (non-hydrogen) atoms. The molecule has 8 nitrogen and oxygen atoms in total. The second-order valence-electron chi connectivity index (χ2n) is 5.67. The largest absolute Gasteiger partial charge is 1.00 e. The van der Waals surface area contributed by atoms with Crippen LogP contribution in [0.1, 0.15) is 44.9 Å². The zero-order chi connectivity index (χ0) is 19.8. The minimum Gasteiger partial charge on any atom is -0.550 e. The number of carbonyl (C=O) groups is 3. The van der Waals surface area contributed by atoms with Gasteiger partial charge < -0.3 is 29.6 Å². The van der Waals surface area contributed by atoms with Gasteiger partial charge in [-0.25, -0.2) is 0 Å². The number of carboxylic acids is 1. The predicted molar refractivity (Wildman–Crippen MR) is 90.3 cm³/mol. The number of esters is 2. The number of carbonyl (C=O) groups excluding carboxylic acids is 3. The van der Waals surface area contributed by atoms with Gasteiger partial charge in [0, 0.05) is 5.97 Å². The average molecular weight is 418 g/mol. The molecule has 0 amide bonds. The number of unbranched alkanes of at least 4 members (excludes halogenated alkanes) is 3. The van der Waals surface area contributed by atoms with Crippen molar-refractivity contribution >= 4 is 17.9 Å². The first-order valence-electron chi connectivity index (χ1n) is 8.68. The molecule has 0 fully saturated rings. The summed E-state index contributed by atoms with van der Waals surface area (Å²) >= 11 is 0. The van der Waals surface area contributed by atoms with E-state index in [0.29, 0.717) is 19.3 Å². The van der Waals surface area contributed by atoms with E-state index in [9.17, 15) is 19.5 Å². The Morgan fingerprint density at radius 1 is 1.00 bits per heavy atom. The molecule has 0 bridgehead atoms. The van der Waals surface area contributed by atoms with E-state index in [1.165, 1.54) is 0 Å². The van der Waals surface area contributed by atoms with Crippen LogP contribution in [0.2, 0.25) is 0 Å². The minimum absolute atomic E-state index is 0. The number of ether oxygens (including phenoxy) is 2. The number of allylic oxidation sites excluding steroid dienone is 1. The van der Waals surface area contributed by atoms with Crippen molar-refractivity contribution in [3.05, 3.63) is 18.6 Å². The third-order valence-electron chi connectivity index (χ3n) is 3.65. The van der Waals surface area contributed by atoms with Crippen molar-refractivity contribution in [2.45, 2.75) is 44.9 Å².